The molecule has 0 saturated carbocycles. The van der Waals surface area contributed by atoms with Crippen LogP contribution in [0.5, 0.6) is 0 Å². The number of rotatable bonds is 9. The van der Waals surface area contributed by atoms with Gasteiger partial charge in [-0.05, 0) is 62.6 Å². The topological polar surface area (TPSA) is 93.4 Å². The smallest absolute Gasteiger partial charge is 0.337 e. The zero-order valence-electron chi connectivity index (χ0n) is 18.7. The lowest BCUT2D eigenvalue weighted by atomic mass is 10.1. The Morgan fingerprint density at radius 2 is 1.90 bits per heavy atom. The standard InChI is InChI=1S/C24H29N3O4/c1-16-12-21(18(3)27(16)17(2)15-30-4)13-22(14-25)23(28)26-11-10-19-6-8-20(9-7-19)24(29)31-5/h6-9,12-13,17H,10-11,15H2,1-5H3,(H,26,28)/b22-13-. The van der Waals surface area contributed by atoms with Crippen LogP contribution in [0.25, 0.3) is 6.08 Å². The number of amides is 1. The van der Waals surface area contributed by atoms with E-state index in [1.807, 2.05) is 38.1 Å². The van der Waals surface area contributed by atoms with Crippen molar-refractivity contribution in [2.24, 2.45) is 0 Å². The van der Waals surface area contributed by atoms with E-state index in [0.29, 0.717) is 25.1 Å². The Morgan fingerprint density at radius 1 is 1.23 bits per heavy atom. The predicted octanol–water partition coefficient (Wildman–Crippen LogP) is 3.36. The van der Waals surface area contributed by atoms with Crippen molar-refractivity contribution in [3.05, 3.63) is 64.0 Å². The van der Waals surface area contributed by atoms with Crippen molar-refractivity contribution in [1.82, 2.24) is 9.88 Å². The molecule has 1 atom stereocenters. The number of hydrogen-bond acceptors (Lipinski definition) is 5. The molecule has 2 aromatic rings. The first kappa shape index (κ1) is 23.9. The highest BCUT2D eigenvalue weighted by Gasteiger charge is 2.15. The summed E-state index contributed by atoms with van der Waals surface area (Å²) >= 11 is 0. The molecule has 164 valence electrons. The Labute approximate surface area is 183 Å². The highest BCUT2D eigenvalue weighted by atomic mass is 16.5. The number of ether oxygens (including phenoxy) is 2. The maximum absolute atomic E-state index is 12.5. The minimum Gasteiger partial charge on any atom is -0.465 e. The van der Waals surface area contributed by atoms with Gasteiger partial charge in [0.1, 0.15) is 11.6 Å². The highest BCUT2D eigenvalue weighted by molar-refractivity contribution is 6.01. The third kappa shape index (κ3) is 6.06. The van der Waals surface area contributed by atoms with Gasteiger partial charge in [0.05, 0.1) is 25.3 Å². The van der Waals surface area contributed by atoms with Gasteiger partial charge in [-0.2, -0.15) is 5.26 Å². The van der Waals surface area contributed by atoms with E-state index in [9.17, 15) is 14.9 Å². The molecular formula is C24H29N3O4. The fourth-order valence-electron chi connectivity index (χ4n) is 3.59. The number of methoxy groups -OCH3 is 2. The predicted molar refractivity (Wildman–Crippen MR) is 119 cm³/mol. The summed E-state index contributed by atoms with van der Waals surface area (Å²) < 4.78 is 12.1. The molecule has 1 unspecified atom stereocenters. The molecule has 1 heterocycles. The third-order valence-electron chi connectivity index (χ3n) is 5.11. The summed E-state index contributed by atoms with van der Waals surface area (Å²) in [5, 5.41) is 12.3. The summed E-state index contributed by atoms with van der Waals surface area (Å²) in [7, 11) is 3.00. The number of benzene rings is 1. The Morgan fingerprint density at radius 3 is 2.48 bits per heavy atom. The second kappa shape index (κ2) is 11.1. The number of nitriles is 1. The fourth-order valence-corrected chi connectivity index (χ4v) is 3.59. The molecule has 0 aliphatic heterocycles. The lowest BCUT2D eigenvalue weighted by Gasteiger charge is -2.17. The molecule has 1 N–H and O–H groups in total. The number of aromatic nitrogens is 1. The third-order valence-corrected chi connectivity index (χ3v) is 5.11. The van der Waals surface area contributed by atoms with E-state index in [1.165, 1.54) is 7.11 Å². The molecule has 0 aliphatic rings. The van der Waals surface area contributed by atoms with Crippen LogP contribution < -0.4 is 5.32 Å². The number of carbonyl (C=O) groups is 2. The number of carbonyl (C=O) groups excluding carboxylic acids is 2. The van der Waals surface area contributed by atoms with E-state index in [2.05, 4.69) is 21.5 Å². The van der Waals surface area contributed by atoms with Gasteiger partial charge < -0.3 is 19.4 Å². The molecule has 1 amide bonds. The van der Waals surface area contributed by atoms with Gasteiger partial charge in [0.25, 0.3) is 5.91 Å². The quantitative estimate of drug-likeness (QED) is 0.379. The maximum Gasteiger partial charge on any atom is 0.337 e. The summed E-state index contributed by atoms with van der Waals surface area (Å²) in [5.74, 6) is -0.803. The molecule has 1 aromatic carbocycles. The number of nitrogens with one attached hydrogen (secondary N) is 1. The highest BCUT2D eigenvalue weighted by Crippen LogP contribution is 2.22. The van der Waals surface area contributed by atoms with Crippen LogP contribution in [0.2, 0.25) is 0 Å². The minimum atomic E-state index is -0.413. The van der Waals surface area contributed by atoms with Crippen molar-refractivity contribution >= 4 is 18.0 Å². The molecule has 0 saturated heterocycles. The summed E-state index contributed by atoms with van der Waals surface area (Å²) in [6.45, 7) is 6.97. The SMILES string of the molecule is COCC(C)n1c(C)cc(/C=C(/C#N)C(=O)NCCc2ccc(C(=O)OC)cc2)c1C. The molecule has 2 rings (SSSR count). The van der Waals surface area contributed by atoms with Gasteiger partial charge in [-0.25, -0.2) is 4.79 Å². The summed E-state index contributed by atoms with van der Waals surface area (Å²) in [5.41, 5.74) is 4.36. The van der Waals surface area contributed by atoms with Crippen molar-refractivity contribution in [3.8, 4) is 6.07 Å². The first-order valence-electron chi connectivity index (χ1n) is 10.1. The van der Waals surface area contributed by atoms with Crippen LogP contribution in [-0.2, 0) is 20.7 Å². The van der Waals surface area contributed by atoms with E-state index >= 15 is 0 Å². The lowest BCUT2D eigenvalue weighted by molar-refractivity contribution is -0.117. The van der Waals surface area contributed by atoms with Gasteiger partial charge >= 0.3 is 5.97 Å². The number of hydrogen-bond donors (Lipinski definition) is 1. The van der Waals surface area contributed by atoms with E-state index in [4.69, 9.17) is 4.74 Å². The van der Waals surface area contributed by atoms with Crippen molar-refractivity contribution in [1.29, 1.82) is 5.26 Å². The molecule has 0 bridgehead atoms. The monoisotopic (exact) mass is 423 g/mol. The van der Waals surface area contributed by atoms with Crippen LogP contribution in [0, 0.1) is 25.2 Å². The van der Waals surface area contributed by atoms with Crippen molar-refractivity contribution < 1.29 is 19.1 Å². The largest absolute Gasteiger partial charge is 0.465 e. The second-order valence-electron chi connectivity index (χ2n) is 7.37. The van der Waals surface area contributed by atoms with Crippen LogP contribution >= 0.6 is 0 Å². The Balaban J connectivity index is 2.04. The van der Waals surface area contributed by atoms with Gasteiger partial charge in [-0.3, -0.25) is 4.79 Å². The number of esters is 1. The Kier molecular flexibility index (Phi) is 8.59. The molecule has 1 aromatic heterocycles. The second-order valence-corrected chi connectivity index (χ2v) is 7.37. The zero-order chi connectivity index (χ0) is 23.0. The average molecular weight is 424 g/mol. The van der Waals surface area contributed by atoms with Gasteiger partial charge in [0.15, 0.2) is 0 Å². The first-order valence-corrected chi connectivity index (χ1v) is 10.1. The molecule has 7 nitrogen and oxygen atoms in total. The van der Waals surface area contributed by atoms with Crippen molar-refractivity contribution in [3.63, 3.8) is 0 Å². The maximum atomic E-state index is 12.5. The summed E-state index contributed by atoms with van der Waals surface area (Å²) in [4.78, 5) is 24.0. The van der Waals surface area contributed by atoms with Gasteiger partial charge in [-0.15, -0.1) is 0 Å². The fraction of sp³-hybridized carbons (Fsp3) is 0.375. The minimum absolute atomic E-state index is 0.0562. The molecule has 0 radical (unpaired) electrons. The van der Waals surface area contributed by atoms with E-state index in [0.717, 1.165) is 22.5 Å². The van der Waals surface area contributed by atoms with Crippen LogP contribution in [0.15, 0.2) is 35.9 Å². The molecule has 31 heavy (non-hydrogen) atoms. The van der Waals surface area contributed by atoms with Gasteiger partial charge in [0.2, 0.25) is 0 Å². The summed E-state index contributed by atoms with van der Waals surface area (Å²) in [6, 6.07) is 11.1. The molecular weight excluding hydrogens is 394 g/mol. The number of aryl methyl sites for hydroxylation is 1. The average Bonchev–Trinajstić information content (AvgIpc) is 3.04. The number of nitrogens with zero attached hydrogens (tertiary/aromatic N) is 2. The van der Waals surface area contributed by atoms with Crippen LogP contribution in [0.1, 0.15) is 45.8 Å². The van der Waals surface area contributed by atoms with Crippen molar-refractivity contribution in [2.75, 3.05) is 27.4 Å². The van der Waals surface area contributed by atoms with E-state index in [-0.39, 0.29) is 17.6 Å². The molecule has 0 fully saturated rings. The van der Waals surface area contributed by atoms with Gasteiger partial charge in [-0.1, -0.05) is 12.1 Å². The van der Waals surface area contributed by atoms with Crippen LogP contribution in [0.4, 0.5) is 0 Å². The summed E-state index contributed by atoms with van der Waals surface area (Å²) in [6.07, 6.45) is 2.20. The lowest BCUT2D eigenvalue weighted by Crippen LogP contribution is -2.26. The first-order chi connectivity index (χ1) is 14.8. The Hall–Kier alpha value is -3.37. The molecule has 7 heteroatoms. The zero-order valence-corrected chi connectivity index (χ0v) is 18.7. The van der Waals surface area contributed by atoms with Crippen molar-refractivity contribution in [2.45, 2.75) is 33.2 Å². The normalized spacial score (nSPS) is 12.2. The van der Waals surface area contributed by atoms with Gasteiger partial charge in [0, 0.05) is 25.0 Å². The van der Waals surface area contributed by atoms with E-state index < -0.39 is 5.91 Å². The molecule has 0 aliphatic carbocycles. The van der Waals surface area contributed by atoms with Crippen LogP contribution in [0.3, 0.4) is 0 Å². The Bertz CT molecular complexity index is 997. The molecule has 0 spiro atoms. The van der Waals surface area contributed by atoms with Crippen LogP contribution in [-0.4, -0.2) is 43.8 Å². The van der Waals surface area contributed by atoms with E-state index in [1.54, 1.807) is 25.3 Å².